The highest BCUT2D eigenvalue weighted by atomic mass is 16.6. The number of esters is 1. The summed E-state index contributed by atoms with van der Waals surface area (Å²) in [6, 6.07) is 6.00. The van der Waals surface area contributed by atoms with Gasteiger partial charge in [0, 0.05) is 12.5 Å². The number of nitrogens with one attached hydrogen (secondary N) is 1. The number of carbonyl (C=O) groups is 1. The maximum Gasteiger partial charge on any atom is 0.311 e. The SMILES string of the molecule is COc1ccc(CCNCC2C(=O)OC3CC4(C)CCCC(C)C4=CC32)cc1OC. The standard InChI is InChI=1S/C25H35NO4/c1-16-6-5-10-25(2)14-23-18(13-20(16)25)19(24(27)30-23)15-26-11-9-17-7-8-21(28-3)22(12-17)29-4/h7-8,12-13,16,18-19,23,26H,5-6,9-11,14-15H2,1-4H3. The zero-order chi connectivity index (χ0) is 21.3. The first-order chi connectivity index (χ1) is 14.4. The highest BCUT2D eigenvalue weighted by Gasteiger charge is 2.51. The van der Waals surface area contributed by atoms with Crippen LogP contribution in [0.3, 0.4) is 0 Å². The summed E-state index contributed by atoms with van der Waals surface area (Å²) >= 11 is 0. The van der Waals surface area contributed by atoms with Crippen molar-refractivity contribution in [2.75, 3.05) is 27.3 Å². The van der Waals surface area contributed by atoms with Crippen molar-refractivity contribution in [2.45, 2.75) is 52.1 Å². The number of rotatable bonds is 7. The Hall–Kier alpha value is -2.01. The fourth-order valence-electron chi connectivity index (χ4n) is 5.81. The van der Waals surface area contributed by atoms with Crippen LogP contribution in [0.2, 0.25) is 0 Å². The monoisotopic (exact) mass is 413 g/mol. The molecule has 1 heterocycles. The number of carbonyl (C=O) groups excluding carboxylic acids is 1. The van der Waals surface area contributed by atoms with E-state index in [2.05, 4.69) is 31.3 Å². The normalized spacial score (nSPS) is 32.7. The van der Waals surface area contributed by atoms with E-state index in [9.17, 15) is 4.79 Å². The number of ether oxygens (including phenoxy) is 3. The van der Waals surface area contributed by atoms with Gasteiger partial charge in [-0.05, 0) is 61.3 Å². The molecule has 0 aromatic heterocycles. The Bertz CT molecular complexity index is 819. The second kappa shape index (κ2) is 8.62. The molecule has 2 aliphatic carbocycles. The van der Waals surface area contributed by atoms with Gasteiger partial charge < -0.3 is 19.5 Å². The summed E-state index contributed by atoms with van der Waals surface area (Å²) in [7, 11) is 3.29. The van der Waals surface area contributed by atoms with Gasteiger partial charge in [-0.15, -0.1) is 0 Å². The number of hydrogen-bond acceptors (Lipinski definition) is 5. The quantitative estimate of drug-likeness (QED) is 0.413. The fourth-order valence-corrected chi connectivity index (χ4v) is 5.81. The molecule has 1 saturated heterocycles. The molecule has 1 saturated carbocycles. The zero-order valence-electron chi connectivity index (χ0n) is 18.7. The molecule has 1 N–H and O–H groups in total. The second-order valence-corrected chi connectivity index (χ2v) is 9.48. The molecule has 3 aliphatic rings. The van der Waals surface area contributed by atoms with Crippen LogP contribution in [-0.2, 0) is 16.0 Å². The predicted octanol–water partition coefficient (Wildman–Crippen LogP) is 4.15. The van der Waals surface area contributed by atoms with E-state index < -0.39 is 0 Å². The van der Waals surface area contributed by atoms with Gasteiger partial charge in [0.2, 0.25) is 0 Å². The van der Waals surface area contributed by atoms with Gasteiger partial charge in [-0.3, -0.25) is 4.79 Å². The van der Waals surface area contributed by atoms with Crippen molar-refractivity contribution < 1.29 is 19.0 Å². The van der Waals surface area contributed by atoms with Crippen LogP contribution in [-0.4, -0.2) is 39.4 Å². The molecule has 0 amide bonds. The summed E-state index contributed by atoms with van der Waals surface area (Å²) in [5.74, 6) is 2.22. The van der Waals surface area contributed by atoms with Gasteiger partial charge >= 0.3 is 5.97 Å². The van der Waals surface area contributed by atoms with Gasteiger partial charge in [0.25, 0.3) is 0 Å². The molecule has 164 valence electrons. The van der Waals surface area contributed by atoms with Crippen LogP contribution in [0, 0.1) is 23.2 Å². The van der Waals surface area contributed by atoms with Crippen LogP contribution in [0.5, 0.6) is 11.5 Å². The topological polar surface area (TPSA) is 56.8 Å². The lowest BCUT2D eigenvalue weighted by Crippen LogP contribution is -2.40. The van der Waals surface area contributed by atoms with Gasteiger partial charge in [-0.1, -0.05) is 38.0 Å². The lowest BCUT2D eigenvalue weighted by Gasteiger charge is -2.46. The molecule has 1 aromatic rings. The summed E-state index contributed by atoms with van der Waals surface area (Å²) in [6.45, 7) is 6.19. The first-order valence-corrected chi connectivity index (χ1v) is 11.3. The smallest absolute Gasteiger partial charge is 0.311 e. The molecule has 4 rings (SSSR count). The Kier molecular flexibility index (Phi) is 6.10. The zero-order valence-corrected chi connectivity index (χ0v) is 18.7. The second-order valence-electron chi connectivity index (χ2n) is 9.48. The minimum absolute atomic E-state index is 0.0321. The number of fused-ring (bicyclic) bond motifs is 2. The molecule has 5 nitrogen and oxygen atoms in total. The van der Waals surface area contributed by atoms with E-state index in [0.29, 0.717) is 12.5 Å². The molecule has 5 atom stereocenters. The predicted molar refractivity (Wildman–Crippen MR) is 117 cm³/mol. The third kappa shape index (κ3) is 3.96. The molecule has 5 heteroatoms. The van der Waals surface area contributed by atoms with E-state index in [1.165, 1.54) is 24.8 Å². The van der Waals surface area contributed by atoms with Crippen molar-refractivity contribution >= 4 is 5.97 Å². The van der Waals surface area contributed by atoms with Crippen molar-refractivity contribution in [1.29, 1.82) is 0 Å². The van der Waals surface area contributed by atoms with Crippen LogP contribution in [0.4, 0.5) is 0 Å². The summed E-state index contributed by atoms with van der Waals surface area (Å²) in [4.78, 5) is 12.6. The Balaban J connectivity index is 1.36. The lowest BCUT2D eigenvalue weighted by atomic mass is 9.59. The van der Waals surface area contributed by atoms with Crippen molar-refractivity contribution in [3.8, 4) is 11.5 Å². The highest BCUT2D eigenvalue weighted by Crippen LogP contribution is 2.53. The molecule has 2 fully saturated rings. The molecule has 0 spiro atoms. The molecule has 1 aliphatic heterocycles. The first-order valence-electron chi connectivity index (χ1n) is 11.3. The molecule has 5 unspecified atom stereocenters. The van der Waals surface area contributed by atoms with Crippen LogP contribution in [0.15, 0.2) is 29.8 Å². The van der Waals surface area contributed by atoms with E-state index in [4.69, 9.17) is 14.2 Å². The van der Waals surface area contributed by atoms with E-state index >= 15 is 0 Å². The van der Waals surface area contributed by atoms with Gasteiger partial charge in [-0.2, -0.15) is 0 Å². The molecular formula is C25H35NO4. The molecule has 0 radical (unpaired) electrons. The largest absolute Gasteiger partial charge is 0.493 e. The van der Waals surface area contributed by atoms with E-state index in [-0.39, 0.29) is 29.3 Å². The van der Waals surface area contributed by atoms with Gasteiger partial charge in [0.05, 0.1) is 20.1 Å². The van der Waals surface area contributed by atoms with Crippen LogP contribution in [0.25, 0.3) is 0 Å². The Morgan fingerprint density at radius 1 is 1.23 bits per heavy atom. The Labute approximate surface area is 180 Å². The average molecular weight is 414 g/mol. The van der Waals surface area contributed by atoms with Gasteiger partial charge in [0.15, 0.2) is 11.5 Å². The number of hydrogen-bond donors (Lipinski definition) is 1. The van der Waals surface area contributed by atoms with E-state index in [1.807, 2.05) is 12.1 Å². The maximum absolute atomic E-state index is 12.6. The minimum atomic E-state index is -0.0772. The summed E-state index contributed by atoms with van der Waals surface area (Å²) in [6.07, 6.45) is 8.09. The van der Waals surface area contributed by atoms with Crippen molar-refractivity contribution in [3.63, 3.8) is 0 Å². The first kappa shape index (κ1) is 21.2. The average Bonchev–Trinajstić information content (AvgIpc) is 3.03. The van der Waals surface area contributed by atoms with E-state index in [1.54, 1.807) is 19.8 Å². The third-order valence-corrected chi connectivity index (χ3v) is 7.48. The summed E-state index contributed by atoms with van der Waals surface area (Å²) in [5.41, 5.74) is 2.97. The molecule has 0 bridgehead atoms. The number of allylic oxidation sites excluding steroid dienone is 1. The van der Waals surface area contributed by atoms with Crippen molar-refractivity contribution in [3.05, 3.63) is 35.4 Å². The highest BCUT2D eigenvalue weighted by molar-refractivity contribution is 5.76. The van der Waals surface area contributed by atoms with Crippen LogP contribution >= 0.6 is 0 Å². The fraction of sp³-hybridized carbons (Fsp3) is 0.640. The molecular weight excluding hydrogens is 378 g/mol. The van der Waals surface area contributed by atoms with Gasteiger partial charge in [-0.25, -0.2) is 0 Å². The molecule has 30 heavy (non-hydrogen) atoms. The van der Waals surface area contributed by atoms with Crippen LogP contribution in [0.1, 0.15) is 45.1 Å². The van der Waals surface area contributed by atoms with Gasteiger partial charge in [0.1, 0.15) is 6.10 Å². The van der Waals surface area contributed by atoms with Crippen molar-refractivity contribution in [1.82, 2.24) is 5.32 Å². The molecule has 1 aromatic carbocycles. The third-order valence-electron chi connectivity index (χ3n) is 7.48. The Morgan fingerprint density at radius 3 is 2.80 bits per heavy atom. The summed E-state index contributed by atoms with van der Waals surface area (Å²) < 4.78 is 16.5. The van der Waals surface area contributed by atoms with E-state index in [0.717, 1.165) is 30.9 Å². The maximum atomic E-state index is 12.6. The lowest BCUT2D eigenvalue weighted by molar-refractivity contribution is -0.145. The number of benzene rings is 1. The van der Waals surface area contributed by atoms with Crippen molar-refractivity contribution in [2.24, 2.45) is 23.2 Å². The number of methoxy groups -OCH3 is 2. The summed E-state index contributed by atoms with van der Waals surface area (Å²) in [5, 5.41) is 3.50. The Morgan fingerprint density at radius 2 is 2.03 bits per heavy atom. The van der Waals surface area contributed by atoms with Crippen LogP contribution < -0.4 is 14.8 Å². The minimum Gasteiger partial charge on any atom is -0.493 e.